The molecule has 0 atom stereocenters. The van der Waals surface area contributed by atoms with Gasteiger partial charge in [-0.05, 0) is 31.0 Å². The summed E-state index contributed by atoms with van der Waals surface area (Å²) >= 11 is 0. The van der Waals surface area contributed by atoms with Crippen molar-refractivity contribution in [1.29, 1.82) is 5.26 Å². The highest BCUT2D eigenvalue weighted by Gasteiger charge is 2.21. The molecule has 0 radical (unpaired) electrons. The number of ether oxygens (including phenoxy) is 1. The van der Waals surface area contributed by atoms with Crippen molar-refractivity contribution in [3.05, 3.63) is 45.9 Å². The van der Waals surface area contributed by atoms with Crippen LogP contribution < -0.4 is 15.9 Å². The van der Waals surface area contributed by atoms with E-state index in [1.807, 2.05) is 19.1 Å². The fourth-order valence-corrected chi connectivity index (χ4v) is 3.65. The third-order valence-corrected chi connectivity index (χ3v) is 5.18. The Balaban J connectivity index is 1.78. The molecule has 1 saturated heterocycles. The maximum Gasteiger partial charge on any atom is 0.278 e. The van der Waals surface area contributed by atoms with Crippen LogP contribution >= 0.6 is 0 Å². The number of nitrogen functional groups attached to an aromatic ring is 1. The highest BCUT2D eigenvalue weighted by atomic mass is 16.5. The SMILES string of the molecule is Cc1ccc2nc3c(cc(C#N)c(N)[n+]3CCCN3CCOCC3)c(=O)n2c1. The molecule has 8 heteroatoms. The first-order valence-corrected chi connectivity index (χ1v) is 9.44. The zero-order valence-electron chi connectivity index (χ0n) is 15.9. The summed E-state index contributed by atoms with van der Waals surface area (Å²) in [5.41, 5.74) is 8.41. The standard InChI is InChI=1S/C20H22N6O2/c1-14-3-4-17-23-19-16(20(27)26(17)13-14)11-15(12-21)18(22)25(19)6-2-5-24-7-9-28-10-8-24/h3-4,11,13,22H,2,5-10H2,1H3/p+1. The minimum absolute atomic E-state index is 0.192. The fourth-order valence-electron chi connectivity index (χ4n) is 3.65. The molecule has 1 fully saturated rings. The van der Waals surface area contributed by atoms with Gasteiger partial charge >= 0.3 is 0 Å². The van der Waals surface area contributed by atoms with Crippen molar-refractivity contribution in [3.8, 4) is 6.07 Å². The van der Waals surface area contributed by atoms with Gasteiger partial charge in [0.2, 0.25) is 11.5 Å². The molecule has 0 bridgehead atoms. The van der Waals surface area contributed by atoms with E-state index in [4.69, 9.17) is 10.5 Å². The van der Waals surface area contributed by atoms with Crippen LogP contribution in [0, 0.1) is 18.3 Å². The van der Waals surface area contributed by atoms with Gasteiger partial charge in [0.05, 0.1) is 19.8 Å². The number of nitriles is 1. The summed E-state index contributed by atoms with van der Waals surface area (Å²) in [5.74, 6) is 0.348. The van der Waals surface area contributed by atoms with Crippen LogP contribution in [0.3, 0.4) is 0 Å². The zero-order valence-corrected chi connectivity index (χ0v) is 15.9. The Hall–Kier alpha value is -3.02. The third kappa shape index (κ3) is 3.30. The summed E-state index contributed by atoms with van der Waals surface area (Å²) in [6.45, 7) is 6.76. The molecule has 0 unspecified atom stereocenters. The number of fused-ring (bicyclic) bond motifs is 2. The molecule has 0 spiro atoms. The van der Waals surface area contributed by atoms with Crippen LogP contribution in [-0.2, 0) is 11.3 Å². The Morgan fingerprint density at radius 3 is 2.89 bits per heavy atom. The van der Waals surface area contributed by atoms with Gasteiger partial charge in [0.15, 0.2) is 0 Å². The van der Waals surface area contributed by atoms with E-state index in [0.29, 0.717) is 34.6 Å². The van der Waals surface area contributed by atoms with Crippen molar-refractivity contribution in [2.45, 2.75) is 19.9 Å². The van der Waals surface area contributed by atoms with Crippen LogP contribution in [0.15, 0.2) is 29.2 Å². The molecule has 144 valence electrons. The molecule has 0 aromatic carbocycles. The number of anilines is 1. The van der Waals surface area contributed by atoms with Crippen LogP contribution in [0.5, 0.6) is 0 Å². The summed E-state index contributed by atoms with van der Waals surface area (Å²) in [7, 11) is 0. The Labute approximate surface area is 162 Å². The van der Waals surface area contributed by atoms with E-state index >= 15 is 0 Å². The molecule has 2 N–H and O–H groups in total. The predicted octanol–water partition coefficient (Wildman–Crippen LogP) is 0.620. The van der Waals surface area contributed by atoms with E-state index in [-0.39, 0.29) is 5.56 Å². The van der Waals surface area contributed by atoms with Gasteiger partial charge < -0.3 is 10.5 Å². The number of pyridine rings is 2. The maximum absolute atomic E-state index is 13.0. The van der Waals surface area contributed by atoms with Crippen LogP contribution in [0.1, 0.15) is 17.5 Å². The van der Waals surface area contributed by atoms with Crippen LogP contribution in [0.2, 0.25) is 0 Å². The van der Waals surface area contributed by atoms with Gasteiger partial charge in [0.1, 0.15) is 17.0 Å². The van der Waals surface area contributed by atoms with E-state index < -0.39 is 0 Å². The number of hydrogen-bond acceptors (Lipinski definition) is 6. The lowest BCUT2D eigenvalue weighted by atomic mass is 10.2. The number of aromatic nitrogens is 3. The number of aryl methyl sites for hydroxylation is 2. The quantitative estimate of drug-likeness (QED) is 0.527. The first-order valence-electron chi connectivity index (χ1n) is 9.44. The van der Waals surface area contributed by atoms with Gasteiger partial charge in [-0.3, -0.25) is 14.1 Å². The second-order valence-corrected chi connectivity index (χ2v) is 7.10. The topological polar surface area (TPSA) is 101 Å². The van der Waals surface area contributed by atoms with Crippen LogP contribution in [0.25, 0.3) is 16.7 Å². The van der Waals surface area contributed by atoms with Crippen LogP contribution in [0.4, 0.5) is 5.82 Å². The Morgan fingerprint density at radius 2 is 2.14 bits per heavy atom. The molecule has 1 aliphatic heterocycles. The molecular weight excluding hydrogens is 356 g/mol. The average molecular weight is 379 g/mol. The molecular formula is C20H23N6O2+. The van der Waals surface area contributed by atoms with Crippen molar-refractivity contribution in [2.24, 2.45) is 0 Å². The van der Waals surface area contributed by atoms with Crippen molar-refractivity contribution in [2.75, 3.05) is 38.6 Å². The number of morpholine rings is 1. The average Bonchev–Trinajstić information content (AvgIpc) is 2.71. The number of nitrogens with two attached hydrogens (primary N) is 1. The number of hydrogen-bond donors (Lipinski definition) is 1. The predicted molar refractivity (Wildman–Crippen MR) is 105 cm³/mol. The molecule has 4 rings (SSSR count). The molecule has 4 heterocycles. The zero-order chi connectivity index (χ0) is 19.7. The monoisotopic (exact) mass is 379 g/mol. The second-order valence-electron chi connectivity index (χ2n) is 7.10. The molecule has 0 aliphatic carbocycles. The Bertz CT molecular complexity index is 1140. The normalized spacial score (nSPS) is 15.1. The van der Waals surface area contributed by atoms with Crippen molar-refractivity contribution >= 4 is 22.5 Å². The molecule has 28 heavy (non-hydrogen) atoms. The smallest absolute Gasteiger partial charge is 0.278 e. The highest BCUT2D eigenvalue weighted by Crippen LogP contribution is 2.14. The number of rotatable bonds is 4. The summed E-state index contributed by atoms with van der Waals surface area (Å²) < 4.78 is 8.71. The van der Waals surface area contributed by atoms with E-state index in [2.05, 4.69) is 16.0 Å². The summed E-state index contributed by atoms with van der Waals surface area (Å²) in [5, 5.41) is 9.89. The minimum Gasteiger partial charge on any atom is -0.379 e. The number of nitrogens with zero attached hydrogens (tertiary/aromatic N) is 5. The van der Waals surface area contributed by atoms with Crippen molar-refractivity contribution in [1.82, 2.24) is 14.3 Å². The summed E-state index contributed by atoms with van der Waals surface area (Å²) in [6, 6.07) is 7.40. The van der Waals surface area contributed by atoms with Gasteiger partial charge in [-0.15, -0.1) is 0 Å². The Morgan fingerprint density at radius 1 is 1.36 bits per heavy atom. The first-order chi connectivity index (χ1) is 13.6. The lowest BCUT2D eigenvalue weighted by molar-refractivity contribution is -0.659. The largest absolute Gasteiger partial charge is 0.379 e. The van der Waals surface area contributed by atoms with Gasteiger partial charge in [0.25, 0.3) is 11.2 Å². The summed E-state index contributed by atoms with van der Waals surface area (Å²) in [6.07, 6.45) is 2.60. The van der Waals surface area contributed by atoms with Gasteiger partial charge in [0, 0.05) is 25.8 Å². The molecule has 3 aromatic rings. The Kier molecular flexibility index (Phi) is 4.94. The lowest BCUT2D eigenvalue weighted by Crippen LogP contribution is -2.43. The van der Waals surface area contributed by atoms with E-state index in [0.717, 1.165) is 44.8 Å². The molecule has 0 amide bonds. The third-order valence-electron chi connectivity index (χ3n) is 5.18. The first kappa shape index (κ1) is 18.3. The van der Waals surface area contributed by atoms with Gasteiger partial charge in [-0.2, -0.15) is 5.26 Å². The lowest BCUT2D eigenvalue weighted by Gasteiger charge is -2.26. The van der Waals surface area contributed by atoms with Crippen LogP contribution in [-0.4, -0.2) is 47.1 Å². The maximum atomic E-state index is 13.0. The summed E-state index contributed by atoms with van der Waals surface area (Å²) in [4.78, 5) is 20.1. The van der Waals surface area contributed by atoms with E-state index in [1.54, 1.807) is 16.8 Å². The molecule has 8 nitrogen and oxygen atoms in total. The van der Waals surface area contributed by atoms with Crippen molar-refractivity contribution < 1.29 is 9.30 Å². The highest BCUT2D eigenvalue weighted by molar-refractivity contribution is 5.76. The van der Waals surface area contributed by atoms with Crippen molar-refractivity contribution in [3.63, 3.8) is 0 Å². The molecule has 0 saturated carbocycles. The van der Waals surface area contributed by atoms with E-state index in [9.17, 15) is 10.1 Å². The molecule has 1 aliphatic rings. The fraction of sp³-hybridized carbons (Fsp3) is 0.400. The van der Waals surface area contributed by atoms with Gasteiger partial charge in [-0.1, -0.05) is 11.1 Å². The molecule has 3 aromatic heterocycles. The van der Waals surface area contributed by atoms with Gasteiger partial charge in [-0.25, -0.2) is 4.57 Å². The van der Waals surface area contributed by atoms with E-state index in [1.165, 1.54) is 4.40 Å². The minimum atomic E-state index is -0.192. The second kappa shape index (κ2) is 7.54.